The number of amides is 1. The van der Waals surface area contributed by atoms with Crippen LogP contribution in [0.25, 0.3) is 0 Å². The molecule has 0 aromatic heterocycles. The van der Waals surface area contributed by atoms with E-state index in [0.29, 0.717) is 0 Å². The maximum atomic E-state index is 11.0. The van der Waals surface area contributed by atoms with Crippen molar-refractivity contribution < 1.29 is 9.90 Å². The van der Waals surface area contributed by atoms with Crippen molar-refractivity contribution in [2.45, 2.75) is 0 Å². The molecular weight excluding hydrogens is 178 g/mol. The normalized spacial score (nSPS) is 15.8. The molecule has 0 aromatic carbocycles. The number of aliphatic hydroxyl groups excluding tert-OH is 1. The third kappa shape index (κ3) is 2.13. The summed E-state index contributed by atoms with van der Waals surface area (Å²) in [4.78, 5) is 12.3. The summed E-state index contributed by atoms with van der Waals surface area (Å²) in [5.74, 6) is -0.352. The lowest BCUT2D eigenvalue weighted by molar-refractivity contribution is -0.124. The van der Waals surface area contributed by atoms with Gasteiger partial charge in [-0.2, -0.15) is 0 Å². The van der Waals surface area contributed by atoms with Crippen LogP contribution in [-0.2, 0) is 4.79 Å². The van der Waals surface area contributed by atoms with Gasteiger partial charge in [-0.25, -0.2) is 0 Å². The number of carbonyl (C=O) groups is 1. The van der Waals surface area contributed by atoms with Gasteiger partial charge in [0.15, 0.2) is 0 Å². The fraction of sp³-hybridized carbons (Fsp3) is 0.125. The third-order valence-corrected chi connectivity index (χ3v) is 1.53. The van der Waals surface area contributed by atoms with Gasteiger partial charge in [0.05, 0.1) is 6.20 Å². The van der Waals surface area contributed by atoms with E-state index in [-0.39, 0.29) is 17.5 Å². The van der Waals surface area contributed by atoms with E-state index >= 15 is 0 Å². The average molecular weight is 186 g/mol. The maximum absolute atomic E-state index is 11.0. The lowest BCUT2D eigenvalue weighted by atomic mass is 10.4. The van der Waals surface area contributed by atoms with Gasteiger partial charge >= 0.3 is 0 Å². The van der Waals surface area contributed by atoms with Crippen molar-refractivity contribution in [3.63, 3.8) is 0 Å². The van der Waals surface area contributed by atoms with Crippen LogP contribution in [0.2, 0.25) is 0 Å². The molecule has 0 unspecified atom stereocenters. The Kier molecular flexibility index (Phi) is 2.94. The first-order valence-corrected chi connectivity index (χ1v) is 3.90. The Morgan fingerprint density at radius 1 is 1.58 bits per heavy atom. The second-order valence-corrected chi connectivity index (χ2v) is 2.46. The molecule has 1 heterocycles. The van der Waals surface area contributed by atoms with Gasteiger partial charge < -0.3 is 5.11 Å². The summed E-state index contributed by atoms with van der Waals surface area (Å²) < 4.78 is 0. The molecule has 1 aliphatic heterocycles. The Labute approximate surface area is 75.2 Å². The smallest absolute Gasteiger partial charge is 0.245 e. The van der Waals surface area contributed by atoms with Crippen LogP contribution in [0.15, 0.2) is 36.4 Å². The lowest BCUT2D eigenvalue weighted by Gasteiger charge is -2.09. The summed E-state index contributed by atoms with van der Waals surface area (Å²) in [7, 11) is 0. The molecule has 0 aromatic rings. The molecule has 1 aliphatic rings. The number of alkyl halides is 1. The van der Waals surface area contributed by atoms with E-state index in [1.165, 1.54) is 23.4 Å². The molecule has 0 saturated carbocycles. The van der Waals surface area contributed by atoms with Crippen LogP contribution in [0, 0.1) is 0 Å². The van der Waals surface area contributed by atoms with Gasteiger partial charge in [0.2, 0.25) is 5.91 Å². The van der Waals surface area contributed by atoms with Gasteiger partial charge in [-0.3, -0.25) is 9.69 Å². The summed E-state index contributed by atoms with van der Waals surface area (Å²) in [5, 5.41) is 9.10. The number of hydrogen-bond acceptors (Lipinski definition) is 2. The van der Waals surface area contributed by atoms with E-state index in [1.54, 1.807) is 12.2 Å². The quantitative estimate of drug-likeness (QED) is 0.630. The van der Waals surface area contributed by atoms with Crippen LogP contribution >= 0.6 is 11.6 Å². The van der Waals surface area contributed by atoms with Crippen molar-refractivity contribution in [3.05, 3.63) is 36.4 Å². The summed E-state index contributed by atoms with van der Waals surface area (Å²) in [6, 6.07) is 0. The van der Waals surface area contributed by atoms with Gasteiger partial charge in [-0.15, -0.1) is 11.6 Å². The molecule has 12 heavy (non-hydrogen) atoms. The Hall–Kier alpha value is -1.22. The van der Waals surface area contributed by atoms with Crippen LogP contribution in [0.1, 0.15) is 0 Å². The van der Waals surface area contributed by atoms with E-state index in [9.17, 15) is 4.79 Å². The molecule has 0 radical (unpaired) electrons. The number of halogens is 1. The molecule has 4 heteroatoms. The Morgan fingerprint density at radius 3 is 3.00 bits per heavy atom. The molecule has 64 valence electrons. The van der Waals surface area contributed by atoms with Gasteiger partial charge in [0.25, 0.3) is 0 Å². The van der Waals surface area contributed by atoms with Crippen LogP contribution in [0.4, 0.5) is 0 Å². The molecule has 0 spiro atoms. The molecule has 1 N–H and O–H groups in total. The lowest BCUT2D eigenvalue weighted by Crippen LogP contribution is -2.21. The van der Waals surface area contributed by atoms with Crippen molar-refractivity contribution >= 4 is 17.5 Å². The monoisotopic (exact) mass is 185 g/mol. The molecule has 0 aliphatic carbocycles. The van der Waals surface area contributed by atoms with E-state index in [0.717, 1.165) is 0 Å². The van der Waals surface area contributed by atoms with Crippen LogP contribution in [0.5, 0.6) is 0 Å². The molecule has 1 rings (SSSR count). The standard InChI is InChI=1S/C8H8ClNO2/c9-5-8(12)10-4-2-1-3-7(11)6-10/h1-4,6,11H,5H2. The molecule has 0 fully saturated rings. The number of nitrogens with zero attached hydrogens (tertiary/aromatic N) is 1. The first-order valence-electron chi connectivity index (χ1n) is 3.37. The van der Waals surface area contributed by atoms with Crippen LogP contribution in [-0.4, -0.2) is 21.8 Å². The number of rotatable bonds is 1. The first-order chi connectivity index (χ1) is 5.74. The van der Waals surface area contributed by atoms with Gasteiger partial charge in [-0.05, 0) is 12.2 Å². The molecular formula is C8H8ClNO2. The SMILES string of the molecule is O=C(CCl)N1C=CC=CC(O)=C1. The summed E-state index contributed by atoms with van der Waals surface area (Å²) in [6.45, 7) is 0. The maximum Gasteiger partial charge on any atom is 0.245 e. The summed E-state index contributed by atoms with van der Waals surface area (Å²) in [5.41, 5.74) is 0. The molecule has 3 nitrogen and oxygen atoms in total. The highest BCUT2D eigenvalue weighted by molar-refractivity contribution is 6.27. The van der Waals surface area contributed by atoms with Crippen LogP contribution < -0.4 is 0 Å². The van der Waals surface area contributed by atoms with Crippen molar-refractivity contribution in [2.75, 3.05) is 5.88 Å². The highest BCUT2D eigenvalue weighted by atomic mass is 35.5. The third-order valence-electron chi connectivity index (χ3n) is 1.30. The zero-order valence-corrected chi connectivity index (χ0v) is 7.03. The molecule has 0 saturated heterocycles. The van der Waals surface area contributed by atoms with Crippen LogP contribution in [0.3, 0.4) is 0 Å². The second-order valence-electron chi connectivity index (χ2n) is 2.19. The zero-order chi connectivity index (χ0) is 8.97. The second kappa shape index (κ2) is 3.97. The Balaban J connectivity index is 2.79. The highest BCUT2D eigenvalue weighted by Gasteiger charge is 2.07. The van der Waals surface area contributed by atoms with E-state index in [1.807, 2.05) is 0 Å². The average Bonchev–Trinajstić information content (AvgIpc) is 2.28. The number of allylic oxidation sites excluding steroid dienone is 3. The highest BCUT2D eigenvalue weighted by Crippen LogP contribution is 2.04. The largest absolute Gasteiger partial charge is 0.506 e. The van der Waals surface area contributed by atoms with E-state index in [2.05, 4.69) is 0 Å². The predicted molar refractivity (Wildman–Crippen MR) is 46.6 cm³/mol. The minimum Gasteiger partial charge on any atom is -0.506 e. The van der Waals surface area contributed by atoms with Crippen molar-refractivity contribution in [1.82, 2.24) is 4.90 Å². The molecule has 1 amide bonds. The minimum absolute atomic E-state index is 0.0264. The minimum atomic E-state index is -0.275. The van der Waals surface area contributed by atoms with Gasteiger partial charge in [0.1, 0.15) is 11.6 Å². The van der Waals surface area contributed by atoms with E-state index < -0.39 is 0 Å². The van der Waals surface area contributed by atoms with Crippen molar-refractivity contribution in [1.29, 1.82) is 0 Å². The van der Waals surface area contributed by atoms with Gasteiger partial charge in [-0.1, -0.05) is 6.08 Å². The fourth-order valence-corrected chi connectivity index (χ4v) is 0.887. The Morgan fingerprint density at radius 2 is 2.33 bits per heavy atom. The van der Waals surface area contributed by atoms with Crippen molar-refractivity contribution in [2.24, 2.45) is 0 Å². The summed E-state index contributed by atoms with van der Waals surface area (Å²) in [6.07, 6.45) is 7.60. The van der Waals surface area contributed by atoms with Gasteiger partial charge in [0, 0.05) is 6.20 Å². The summed E-state index contributed by atoms with van der Waals surface area (Å²) >= 11 is 5.33. The fourth-order valence-electron chi connectivity index (χ4n) is 0.749. The number of hydrogen-bond donors (Lipinski definition) is 1. The predicted octanol–water partition coefficient (Wildman–Crippen LogP) is 1.54. The topological polar surface area (TPSA) is 40.5 Å². The van der Waals surface area contributed by atoms with Crippen molar-refractivity contribution in [3.8, 4) is 0 Å². The Bertz CT molecular complexity index is 268. The number of aliphatic hydroxyl groups is 1. The van der Waals surface area contributed by atoms with E-state index in [4.69, 9.17) is 16.7 Å². The first kappa shape index (κ1) is 8.87. The number of carbonyl (C=O) groups excluding carboxylic acids is 1. The molecule has 0 atom stereocenters. The molecule has 0 bridgehead atoms. The zero-order valence-electron chi connectivity index (χ0n) is 6.27.